The Morgan fingerprint density at radius 1 is 0.804 bits per heavy atom. The van der Waals surface area contributed by atoms with E-state index in [9.17, 15) is 0 Å². The maximum absolute atomic E-state index is 6.45. The van der Waals surface area contributed by atoms with Gasteiger partial charge >= 0.3 is 0 Å². The summed E-state index contributed by atoms with van der Waals surface area (Å²) in [5.41, 5.74) is 10.9. The summed E-state index contributed by atoms with van der Waals surface area (Å²) in [4.78, 5) is 9.36. The zero-order valence-electron chi connectivity index (χ0n) is 30.5. The first-order valence-electron chi connectivity index (χ1n) is 17.9. The third-order valence-corrected chi connectivity index (χ3v) is 12.7. The van der Waals surface area contributed by atoms with Crippen LogP contribution in [0.4, 0.5) is 0 Å². The molecule has 1 aliphatic rings. The Balaban J connectivity index is 0.000000211. The quantitative estimate of drug-likeness (QED) is 0.123. The van der Waals surface area contributed by atoms with Gasteiger partial charge in [-0.25, -0.2) is 0 Å². The van der Waals surface area contributed by atoms with Gasteiger partial charge in [-0.05, 0) is 70.8 Å². The molecule has 51 heavy (non-hydrogen) atoms. The van der Waals surface area contributed by atoms with Gasteiger partial charge in [-0.1, -0.05) is 129 Å². The van der Waals surface area contributed by atoms with Crippen LogP contribution in [0.2, 0.25) is 19.6 Å². The van der Waals surface area contributed by atoms with Crippen LogP contribution >= 0.6 is 0 Å². The van der Waals surface area contributed by atoms with Gasteiger partial charge in [0.05, 0.1) is 13.7 Å². The summed E-state index contributed by atoms with van der Waals surface area (Å²) in [6.45, 7) is 14.0. The van der Waals surface area contributed by atoms with E-state index in [1.165, 1.54) is 47.6 Å². The van der Waals surface area contributed by atoms with Crippen LogP contribution in [0.25, 0.3) is 55.6 Å². The number of hydrogen-bond donors (Lipinski definition) is 0. The van der Waals surface area contributed by atoms with Crippen molar-refractivity contribution in [1.29, 1.82) is 0 Å². The van der Waals surface area contributed by atoms with Gasteiger partial charge < -0.3 is 14.4 Å². The summed E-state index contributed by atoms with van der Waals surface area (Å²) in [6, 6.07) is 42.3. The number of furan rings is 1. The molecule has 1 saturated carbocycles. The number of pyridine rings is 2. The molecule has 261 valence electrons. The summed E-state index contributed by atoms with van der Waals surface area (Å²) >= 11 is 0. The molecule has 1 aliphatic carbocycles. The van der Waals surface area contributed by atoms with Crippen molar-refractivity contribution in [3.05, 3.63) is 139 Å². The number of fused-ring (bicyclic) bond motifs is 3. The minimum absolute atomic E-state index is 0. The molecule has 3 aromatic heterocycles. The van der Waals surface area contributed by atoms with E-state index >= 15 is 0 Å². The van der Waals surface area contributed by atoms with Crippen LogP contribution in [0.5, 0.6) is 0 Å². The summed E-state index contributed by atoms with van der Waals surface area (Å²) < 4.78 is 6.45. The summed E-state index contributed by atoms with van der Waals surface area (Å²) in [6.07, 6.45) is 9.33. The molecule has 0 atom stereocenters. The van der Waals surface area contributed by atoms with Crippen LogP contribution in [-0.2, 0) is 25.5 Å². The summed E-state index contributed by atoms with van der Waals surface area (Å²) in [5, 5.41) is 3.70. The molecule has 0 bridgehead atoms. The zero-order chi connectivity index (χ0) is 34.9. The molecule has 7 aromatic rings. The van der Waals surface area contributed by atoms with E-state index in [-0.39, 0.29) is 25.5 Å². The molecule has 0 spiro atoms. The average molecular weight is 863 g/mol. The second kappa shape index (κ2) is 15.2. The predicted octanol–water partition coefficient (Wildman–Crippen LogP) is 12.0. The zero-order valence-corrected chi connectivity index (χ0v) is 33.9. The van der Waals surface area contributed by atoms with Crippen LogP contribution in [-0.4, -0.2) is 18.0 Å². The summed E-state index contributed by atoms with van der Waals surface area (Å²) in [5.74, 6) is 0.725. The molecule has 4 aromatic carbocycles. The van der Waals surface area contributed by atoms with Crippen LogP contribution in [0.15, 0.2) is 120 Å². The minimum atomic E-state index is -1.27. The maximum Gasteiger partial charge on any atom is 0.120 e. The van der Waals surface area contributed by atoms with E-state index in [1.807, 2.05) is 42.6 Å². The molecule has 1 radical (unpaired) electrons. The molecule has 0 N–H and O–H groups in total. The first-order valence-corrected chi connectivity index (χ1v) is 21.4. The van der Waals surface area contributed by atoms with E-state index in [0.29, 0.717) is 0 Å². The molecule has 3 nitrogen and oxygen atoms in total. The van der Waals surface area contributed by atoms with Crippen LogP contribution in [0.1, 0.15) is 50.7 Å². The van der Waals surface area contributed by atoms with Gasteiger partial charge in [0.25, 0.3) is 0 Å². The molecule has 8 rings (SSSR count). The molecular formula is C46H46IrN2OSi-2. The second-order valence-corrected chi connectivity index (χ2v) is 20.3. The molecular weight excluding hydrogens is 817 g/mol. The Hall–Kier alpha value is -4.15. The van der Waals surface area contributed by atoms with Crippen molar-refractivity contribution in [2.75, 3.05) is 0 Å². The van der Waals surface area contributed by atoms with Gasteiger partial charge in [-0.2, -0.15) is 0 Å². The van der Waals surface area contributed by atoms with E-state index in [0.717, 1.165) is 55.9 Å². The van der Waals surface area contributed by atoms with Crippen LogP contribution in [0, 0.1) is 25.0 Å². The molecule has 0 unspecified atom stereocenters. The molecule has 5 heteroatoms. The third kappa shape index (κ3) is 7.58. The Morgan fingerprint density at radius 2 is 1.53 bits per heavy atom. The van der Waals surface area contributed by atoms with Crippen molar-refractivity contribution in [3.63, 3.8) is 0 Å². The number of nitrogens with zero attached hydrogens (tertiary/aromatic N) is 2. The topological polar surface area (TPSA) is 38.9 Å². The van der Waals surface area contributed by atoms with Gasteiger partial charge in [-0.15, -0.1) is 48.0 Å². The number of benzene rings is 4. The largest absolute Gasteiger partial charge is 0.501 e. The number of aromatic nitrogens is 2. The Labute approximate surface area is 317 Å². The van der Waals surface area contributed by atoms with Crippen molar-refractivity contribution in [3.8, 4) is 33.6 Å². The normalized spacial score (nSPS) is 13.5. The average Bonchev–Trinajstić information content (AvgIpc) is 3.82. The van der Waals surface area contributed by atoms with Crippen LogP contribution < -0.4 is 5.19 Å². The predicted molar refractivity (Wildman–Crippen MR) is 212 cm³/mol. The second-order valence-electron chi connectivity index (χ2n) is 15.3. The third-order valence-electron chi connectivity index (χ3n) is 10.6. The van der Waals surface area contributed by atoms with Crippen molar-refractivity contribution in [1.82, 2.24) is 9.97 Å². The van der Waals surface area contributed by atoms with E-state index in [4.69, 9.17) is 9.40 Å². The molecule has 3 heterocycles. The van der Waals surface area contributed by atoms with E-state index < -0.39 is 8.07 Å². The fourth-order valence-corrected chi connectivity index (χ4v) is 9.41. The molecule has 1 fully saturated rings. The first kappa shape index (κ1) is 36.6. The van der Waals surface area contributed by atoms with E-state index in [2.05, 4.69) is 130 Å². The van der Waals surface area contributed by atoms with Crippen molar-refractivity contribution < 1.29 is 24.5 Å². The fourth-order valence-electron chi connectivity index (χ4n) is 7.70. The van der Waals surface area contributed by atoms with Crippen molar-refractivity contribution >= 4 is 35.2 Å². The van der Waals surface area contributed by atoms with E-state index in [1.54, 1.807) is 0 Å². The van der Waals surface area contributed by atoms with Crippen LogP contribution in [0.3, 0.4) is 0 Å². The first-order chi connectivity index (χ1) is 24.1. The van der Waals surface area contributed by atoms with Crippen molar-refractivity contribution in [2.45, 2.75) is 71.5 Å². The minimum Gasteiger partial charge on any atom is -0.501 e. The smallest absolute Gasteiger partial charge is 0.120 e. The molecule has 0 saturated heterocycles. The fraction of sp³-hybridized carbons (Fsp3) is 0.261. The SMILES string of the molecule is CC(C)(c1ccnc(-c2[c-]cc(-c3ccccc3)c3c2oc2ccccc23)c1)C1CCCC1.Cc1cc(-c2[c-]cccc2)ncc1[Si](C)(C)C.[Ir]. The molecule has 0 aliphatic heterocycles. The summed E-state index contributed by atoms with van der Waals surface area (Å²) in [7, 11) is -1.27. The number of aryl methyl sites for hydroxylation is 1. The Bertz CT molecular complexity index is 2250. The maximum atomic E-state index is 6.45. The number of hydrogen-bond acceptors (Lipinski definition) is 3. The van der Waals surface area contributed by atoms with Gasteiger partial charge in [0.15, 0.2) is 0 Å². The van der Waals surface area contributed by atoms with Crippen molar-refractivity contribution in [2.24, 2.45) is 5.92 Å². The monoisotopic (exact) mass is 863 g/mol. The van der Waals surface area contributed by atoms with Gasteiger partial charge in [0.1, 0.15) is 5.58 Å². The number of rotatable bonds is 6. The van der Waals surface area contributed by atoms with Gasteiger partial charge in [-0.3, -0.25) is 0 Å². The Kier molecular flexibility index (Phi) is 10.9. The molecule has 0 amide bonds. The van der Waals surface area contributed by atoms with Gasteiger partial charge in [0.2, 0.25) is 0 Å². The Morgan fingerprint density at radius 3 is 2.24 bits per heavy atom. The number of para-hydroxylation sites is 1. The standard InChI is InChI=1S/C31H28NO.C15H18NSi.Ir/c1-31(2,22-12-6-7-13-22)23-18-19-32-27(20-23)25-17-16-24(21-10-4-3-5-11-21)29-26-14-8-9-15-28(26)33-30(25)29;1-12-10-14(13-8-6-5-7-9-13)16-11-15(12)17(2,3)4;/h3-5,8-11,14-16,18-20,22H,6-7,12-13H2,1-2H3;5-8,10-11H,1-4H3;/q2*-1;. The van der Waals surface area contributed by atoms with Gasteiger partial charge in [0, 0.05) is 37.9 Å².